The van der Waals surface area contributed by atoms with Gasteiger partial charge in [0.15, 0.2) is 0 Å². The maximum Gasteiger partial charge on any atom is 0.224 e. The molecule has 1 unspecified atom stereocenters. The normalized spacial score (nSPS) is 22.4. The minimum absolute atomic E-state index is 0.0560. The highest BCUT2D eigenvalue weighted by Crippen LogP contribution is 2.19. The van der Waals surface area contributed by atoms with Crippen molar-refractivity contribution in [1.82, 2.24) is 14.5 Å². The van der Waals surface area contributed by atoms with Gasteiger partial charge in [-0.15, -0.1) is 0 Å². The quantitative estimate of drug-likeness (QED) is 0.815. The molecule has 6 nitrogen and oxygen atoms in total. The van der Waals surface area contributed by atoms with Gasteiger partial charge in [0.2, 0.25) is 15.9 Å². The van der Waals surface area contributed by atoms with Gasteiger partial charge < -0.3 is 5.32 Å². The van der Waals surface area contributed by atoms with Gasteiger partial charge in [-0.25, -0.2) is 12.7 Å². The smallest absolute Gasteiger partial charge is 0.224 e. The highest BCUT2D eigenvalue weighted by molar-refractivity contribution is 7.88. The van der Waals surface area contributed by atoms with Crippen molar-refractivity contribution in [2.45, 2.75) is 38.8 Å². The Morgan fingerprint density at radius 2 is 1.73 bits per heavy atom. The topological polar surface area (TPSA) is 69.7 Å². The van der Waals surface area contributed by atoms with E-state index in [4.69, 9.17) is 0 Å². The molecule has 2 aliphatic rings. The first-order chi connectivity index (χ1) is 12.4. The summed E-state index contributed by atoms with van der Waals surface area (Å²) in [5, 5.41) is 2.96. The van der Waals surface area contributed by atoms with E-state index in [2.05, 4.69) is 34.5 Å². The minimum atomic E-state index is -3.22. The summed E-state index contributed by atoms with van der Waals surface area (Å²) in [7, 11) is -3.22. The van der Waals surface area contributed by atoms with Crippen molar-refractivity contribution in [3.8, 4) is 0 Å². The summed E-state index contributed by atoms with van der Waals surface area (Å²) in [4.78, 5) is 14.9. The number of benzene rings is 1. The number of rotatable bonds is 6. The molecule has 0 bridgehead atoms. The summed E-state index contributed by atoms with van der Waals surface area (Å²) < 4.78 is 24.8. The van der Waals surface area contributed by atoms with E-state index in [0.717, 1.165) is 24.9 Å². The zero-order valence-electron chi connectivity index (χ0n) is 15.5. The summed E-state index contributed by atoms with van der Waals surface area (Å²) in [6, 6.07) is 8.39. The molecule has 0 aromatic heterocycles. The second kappa shape index (κ2) is 8.50. The average molecular weight is 380 g/mol. The van der Waals surface area contributed by atoms with Crippen molar-refractivity contribution >= 4 is 15.9 Å². The van der Waals surface area contributed by atoms with E-state index in [1.807, 2.05) is 0 Å². The molecule has 2 heterocycles. The van der Waals surface area contributed by atoms with Crippen LogP contribution in [0.5, 0.6) is 0 Å². The Hall–Kier alpha value is -1.44. The van der Waals surface area contributed by atoms with Crippen molar-refractivity contribution in [1.29, 1.82) is 0 Å². The van der Waals surface area contributed by atoms with Gasteiger partial charge in [-0.05, 0) is 49.9 Å². The third-order valence-corrected chi connectivity index (χ3v) is 6.59. The molecule has 1 N–H and O–H groups in total. The van der Waals surface area contributed by atoms with E-state index >= 15 is 0 Å². The predicted octanol–water partition coefficient (Wildman–Crippen LogP) is 1.57. The number of nitrogens with zero attached hydrogens (tertiary/aromatic N) is 2. The van der Waals surface area contributed by atoms with Gasteiger partial charge in [-0.2, -0.15) is 0 Å². The van der Waals surface area contributed by atoms with E-state index in [9.17, 15) is 13.2 Å². The predicted molar refractivity (Wildman–Crippen MR) is 102 cm³/mol. The van der Waals surface area contributed by atoms with Gasteiger partial charge in [0.25, 0.3) is 0 Å². The molecule has 1 amide bonds. The number of hydrogen-bond donors (Lipinski definition) is 1. The highest BCUT2D eigenvalue weighted by Gasteiger charge is 2.29. The summed E-state index contributed by atoms with van der Waals surface area (Å²) in [6.07, 6.45) is 5.27. The molecular formula is C19H29N3O3S. The van der Waals surface area contributed by atoms with Crippen LogP contribution in [0.4, 0.5) is 0 Å². The first kappa shape index (κ1) is 19.3. The number of likely N-dealkylation sites (tertiary alicyclic amines) is 1. The number of nitrogens with one attached hydrogen (secondary N) is 1. The average Bonchev–Trinajstić information content (AvgIpc) is 3.13. The van der Waals surface area contributed by atoms with Gasteiger partial charge in [-0.1, -0.05) is 24.3 Å². The molecule has 2 aliphatic heterocycles. The zero-order valence-corrected chi connectivity index (χ0v) is 16.3. The number of piperidine rings is 1. The summed E-state index contributed by atoms with van der Waals surface area (Å²) in [6.45, 7) is 4.65. The third-order valence-electron chi connectivity index (χ3n) is 5.32. The molecule has 1 atom stereocenters. The molecule has 144 valence electrons. The van der Waals surface area contributed by atoms with Crippen LogP contribution in [0.2, 0.25) is 0 Å². The Kier molecular flexibility index (Phi) is 6.32. The number of amides is 1. The van der Waals surface area contributed by atoms with Crippen LogP contribution < -0.4 is 5.32 Å². The lowest BCUT2D eigenvalue weighted by Crippen LogP contribution is -2.44. The first-order valence-electron chi connectivity index (χ1n) is 9.45. The van der Waals surface area contributed by atoms with Crippen molar-refractivity contribution < 1.29 is 13.2 Å². The van der Waals surface area contributed by atoms with E-state index in [-0.39, 0.29) is 11.8 Å². The lowest BCUT2D eigenvalue weighted by atomic mass is 9.98. The standard InChI is InChI=1S/C19H29N3O3S/c1-26(24,25)22-12-4-5-18(15-22)19(23)20-13-16-6-8-17(9-7-16)14-21-10-2-3-11-21/h6-9,18H,2-5,10-15H2,1H3,(H,20,23). The van der Waals surface area contributed by atoms with Crippen molar-refractivity contribution in [2.75, 3.05) is 32.4 Å². The molecule has 0 saturated carbocycles. The largest absolute Gasteiger partial charge is 0.352 e. The molecule has 26 heavy (non-hydrogen) atoms. The van der Waals surface area contributed by atoms with Crippen LogP contribution in [0.1, 0.15) is 36.8 Å². The summed E-state index contributed by atoms with van der Waals surface area (Å²) >= 11 is 0. The fourth-order valence-corrected chi connectivity index (χ4v) is 4.66. The Labute approximate surface area is 156 Å². The van der Waals surface area contributed by atoms with Gasteiger partial charge in [-0.3, -0.25) is 9.69 Å². The second-order valence-electron chi connectivity index (χ2n) is 7.48. The van der Waals surface area contributed by atoms with Gasteiger partial charge in [0.1, 0.15) is 0 Å². The van der Waals surface area contributed by atoms with Crippen molar-refractivity contribution in [2.24, 2.45) is 5.92 Å². The molecule has 1 aromatic carbocycles. The van der Waals surface area contributed by atoms with E-state index in [0.29, 0.717) is 19.6 Å². The van der Waals surface area contributed by atoms with Gasteiger partial charge in [0.05, 0.1) is 12.2 Å². The molecule has 1 aromatic rings. The van der Waals surface area contributed by atoms with E-state index in [1.165, 1.54) is 42.1 Å². The van der Waals surface area contributed by atoms with Crippen LogP contribution in [0.25, 0.3) is 0 Å². The molecular weight excluding hydrogens is 350 g/mol. The number of carbonyl (C=O) groups excluding carboxylic acids is 1. The summed E-state index contributed by atoms with van der Waals surface area (Å²) in [5.74, 6) is -0.313. The van der Waals surface area contributed by atoms with Crippen LogP contribution in [-0.4, -0.2) is 56.0 Å². The van der Waals surface area contributed by atoms with Crippen molar-refractivity contribution in [3.05, 3.63) is 35.4 Å². The maximum atomic E-state index is 12.4. The number of hydrogen-bond acceptors (Lipinski definition) is 4. The van der Waals surface area contributed by atoms with E-state index < -0.39 is 10.0 Å². The van der Waals surface area contributed by atoms with E-state index in [1.54, 1.807) is 0 Å². The van der Waals surface area contributed by atoms with Crippen LogP contribution in [0.3, 0.4) is 0 Å². The molecule has 7 heteroatoms. The van der Waals surface area contributed by atoms with Gasteiger partial charge >= 0.3 is 0 Å². The molecule has 0 aliphatic carbocycles. The Morgan fingerprint density at radius 3 is 2.38 bits per heavy atom. The lowest BCUT2D eigenvalue weighted by molar-refractivity contribution is -0.126. The number of sulfonamides is 1. The second-order valence-corrected chi connectivity index (χ2v) is 9.46. The third kappa shape index (κ3) is 5.28. The Morgan fingerprint density at radius 1 is 1.08 bits per heavy atom. The monoisotopic (exact) mass is 379 g/mol. The fourth-order valence-electron chi connectivity index (χ4n) is 3.75. The molecule has 2 fully saturated rings. The fraction of sp³-hybridized carbons (Fsp3) is 0.632. The van der Waals surface area contributed by atoms with Crippen LogP contribution in [0, 0.1) is 5.92 Å². The minimum Gasteiger partial charge on any atom is -0.352 e. The SMILES string of the molecule is CS(=O)(=O)N1CCCC(C(=O)NCc2ccc(CN3CCCC3)cc2)C1. The Balaban J connectivity index is 1.48. The highest BCUT2D eigenvalue weighted by atomic mass is 32.2. The lowest BCUT2D eigenvalue weighted by Gasteiger charge is -2.30. The van der Waals surface area contributed by atoms with Crippen LogP contribution in [-0.2, 0) is 27.9 Å². The Bertz CT molecular complexity index is 712. The molecule has 2 saturated heterocycles. The van der Waals surface area contributed by atoms with Crippen LogP contribution in [0.15, 0.2) is 24.3 Å². The molecule has 0 radical (unpaired) electrons. The molecule has 0 spiro atoms. The maximum absolute atomic E-state index is 12.4. The molecule has 3 rings (SSSR count). The summed E-state index contributed by atoms with van der Waals surface area (Å²) in [5.41, 5.74) is 2.37. The zero-order chi connectivity index (χ0) is 18.6. The first-order valence-corrected chi connectivity index (χ1v) is 11.3. The van der Waals surface area contributed by atoms with Crippen LogP contribution >= 0.6 is 0 Å². The van der Waals surface area contributed by atoms with Crippen molar-refractivity contribution in [3.63, 3.8) is 0 Å². The number of carbonyl (C=O) groups is 1. The van der Waals surface area contributed by atoms with Gasteiger partial charge in [0, 0.05) is 26.2 Å².